The summed E-state index contributed by atoms with van der Waals surface area (Å²) in [6.45, 7) is 7.59. The van der Waals surface area contributed by atoms with Crippen molar-refractivity contribution in [3.05, 3.63) is 71.9 Å². The van der Waals surface area contributed by atoms with Crippen molar-refractivity contribution >= 4 is 39.1 Å². The largest absolute Gasteiger partial charge is 0.490 e. The Kier molecular flexibility index (Phi) is 10.9. The molecule has 0 radical (unpaired) electrons. The number of anilines is 3. The number of nitrogens with one attached hydrogen (secondary N) is 2. The van der Waals surface area contributed by atoms with Crippen LogP contribution in [0.2, 0.25) is 0 Å². The average Bonchev–Trinajstić information content (AvgIpc) is 3.45. The highest BCUT2D eigenvalue weighted by atomic mass is 32.2. The Hall–Kier alpha value is -3.69. The Bertz CT molecular complexity index is 1640. The van der Waals surface area contributed by atoms with Gasteiger partial charge in [-0.2, -0.15) is 5.10 Å². The van der Waals surface area contributed by atoms with Crippen molar-refractivity contribution in [3.8, 4) is 5.75 Å². The maximum Gasteiger partial charge on any atom is 0.204 e. The Morgan fingerprint density at radius 2 is 1.76 bits per heavy atom. The molecule has 45 heavy (non-hydrogen) atoms. The monoisotopic (exact) mass is 652 g/mol. The van der Waals surface area contributed by atoms with Crippen molar-refractivity contribution in [1.82, 2.24) is 30.0 Å². The van der Waals surface area contributed by atoms with Gasteiger partial charge in [0.1, 0.15) is 0 Å². The number of likely N-dealkylation sites (N-methyl/N-ethyl adjacent to an activating group) is 1. The summed E-state index contributed by atoms with van der Waals surface area (Å²) in [6.07, 6.45) is 0. The van der Waals surface area contributed by atoms with Crippen molar-refractivity contribution < 1.29 is 17.9 Å². The van der Waals surface area contributed by atoms with E-state index in [1.165, 1.54) is 11.8 Å². The number of hydrogen-bond donors (Lipinski definition) is 2. The van der Waals surface area contributed by atoms with E-state index in [2.05, 4.69) is 44.3 Å². The summed E-state index contributed by atoms with van der Waals surface area (Å²) in [6, 6.07) is 18.1. The van der Waals surface area contributed by atoms with E-state index < -0.39 is 15.8 Å². The number of benzene rings is 2. The maximum atomic E-state index is 12.9. The van der Waals surface area contributed by atoms with Crippen molar-refractivity contribution in [1.29, 1.82) is 0 Å². The van der Waals surface area contributed by atoms with Crippen molar-refractivity contribution in [2.24, 2.45) is 0 Å². The first-order valence-electron chi connectivity index (χ1n) is 14.7. The third kappa shape index (κ3) is 8.95. The highest BCUT2D eigenvalue weighted by Crippen LogP contribution is 2.38. The van der Waals surface area contributed by atoms with Crippen LogP contribution in [0, 0.1) is 6.92 Å². The number of aryl methyl sites for hydroxylation is 1. The first kappa shape index (κ1) is 32.7. The van der Waals surface area contributed by atoms with E-state index in [1.807, 2.05) is 43.3 Å². The van der Waals surface area contributed by atoms with Crippen LogP contribution in [0.15, 0.2) is 75.6 Å². The van der Waals surface area contributed by atoms with Gasteiger partial charge < -0.3 is 24.6 Å². The van der Waals surface area contributed by atoms with Gasteiger partial charge in [-0.05, 0) is 62.6 Å². The van der Waals surface area contributed by atoms with Crippen LogP contribution in [0.4, 0.5) is 17.5 Å². The molecular formula is C31H40N8O4S2. The lowest BCUT2D eigenvalue weighted by Crippen LogP contribution is -2.48. The predicted octanol–water partition coefficient (Wildman–Crippen LogP) is 4.04. The zero-order valence-electron chi connectivity index (χ0n) is 26.1. The molecule has 1 aliphatic heterocycles. The first-order valence-corrected chi connectivity index (χ1v) is 17.2. The number of sulfone groups is 1. The Labute approximate surface area is 269 Å². The highest BCUT2D eigenvalue weighted by molar-refractivity contribution is 7.99. The normalized spacial score (nSPS) is 14.2. The molecule has 0 spiro atoms. The lowest BCUT2D eigenvalue weighted by molar-refractivity contribution is 0.163. The summed E-state index contributed by atoms with van der Waals surface area (Å²) in [7, 11) is 2.18. The standard InChI is InChI=1S/C31H40N8O4S2/c1-23-20-27(36-35-23)32-29-28(42-4)30(39-18-16-38(17-19-39)15-14-37(2)3)34-31(33-29)44-25-10-12-26(13-11-25)45(40,41)22-43-21-24-8-6-5-7-9-24/h5-13,20H,14-19,21-22H2,1-4H3,(H2,32,33,34,35,36). The summed E-state index contributed by atoms with van der Waals surface area (Å²) in [5, 5.41) is 11.0. The molecule has 3 heterocycles. The van der Waals surface area contributed by atoms with Gasteiger partial charge in [0.25, 0.3) is 0 Å². The quantitative estimate of drug-likeness (QED) is 0.191. The molecule has 0 bridgehead atoms. The van der Waals surface area contributed by atoms with Crippen LogP contribution >= 0.6 is 11.8 Å². The smallest absolute Gasteiger partial charge is 0.204 e. The van der Waals surface area contributed by atoms with Crippen LogP contribution in [0.3, 0.4) is 0 Å². The fourth-order valence-electron chi connectivity index (χ4n) is 4.81. The van der Waals surface area contributed by atoms with Crippen LogP contribution in [0.1, 0.15) is 11.3 Å². The van der Waals surface area contributed by atoms with Gasteiger partial charge in [-0.15, -0.1) is 0 Å². The number of aromatic amines is 1. The van der Waals surface area contributed by atoms with Crippen LogP contribution in [-0.2, 0) is 21.2 Å². The van der Waals surface area contributed by atoms with E-state index in [9.17, 15) is 8.42 Å². The molecule has 240 valence electrons. The molecule has 0 amide bonds. The van der Waals surface area contributed by atoms with E-state index in [4.69, 9.17) is 19.4 Å². The van der Waals surface area contributed by atoms with Gasteiger partial charge in [0.05, 0.1) is 18.6 Å². The second kappa shape index (κ2) is 15.1. The van der Waals surface area contributed by atoms with Gasteiger partial charge in [-0.25, -0.2) is 18.4 Å². The average molecular weight is 653 g/mol. The molecule has 2 aromatic carbocycles. The number of nitrogens with zero attached hydrogens (tertiary/aromatic N) is 6. The number of H-pyrrole nitrogens is 1. The Morgan fingerprint density at radius 3 is 2.40 bits per heavy atom. The SMILES string of the molecule is COc1c(Nc2cc(C)[nH]n2)nc(Sc2ccc(S(=O)(=O)COCc3ccccc3)cc2)nc1N1CCN(CCN(C)C)CC1. The molecule has 2 aromatic heterocycles. The molecule has 1 saturated heterocycles. The molecule has 2 N–H and O–H groups in total. The van der Waals surface area contributed by atoms with Gasteiger partial charge in [0.2, 0.25) is 15.6 Å². The second-order valence-electron chi connectivity index (χ2n) is 11.0. The summed E-state index contributed by atoms with van der Waals surface area (Å²) in [5.74, 6) is 1.96. The fourth-order valence-corrected chi connectivity index (χ4v) is 6.55. The van der Waals surface area contributed by atoms with E-state index in [0.29, 0.717) is 28.4 Å². The number of hydrogen-bond acceptors (Lipinski definition) is 12. The molecule has 4 aromatic rings. The third-order valence-corrected chi connectivity index (χ3v) is 9.60. The van der Waals surface area contributed by atoms with Crippen LogP contribution in [0.25, 0.3) is 0 Å². The minimum Gasteiger partial charge on any atom is -0.490 e. The van der Waals surface area contributed by atoms with Gasteiger partial charge in [-0.1, -0.05) is 30.3 Å². The molecule has 0 atom stereocenters. The summed E-state index contributed by atoms with van der Waals surface area (Å²) >= 11 is 1.35. The minimum atomic E-state index is -3.62. The van der Waals surface area contributed by atoms with E-state index in [-0.39, 0.29) is 11.5 Å². The zero-order chi connectivity index (χ0) is 31.8. The lowest BCUT2D eigenvalue weighted by atomic mass is 10.2. The number of aromatic nitrogens is 4. The highest BCUT2D eigenvalue weighted by Gasteiger charge is 2.25. The maximum absolute atomic E-state index is 12.9. The number of rotatable bonds is 14. The lowest BCUT2D eigenvalue weighted by Gasteiger charge is -2.36. The summed E-state index contributed by atoms with van der Waals surface area (Å²) in [4.78, 5) is 17.6. The van der Waals surface area contributed by atoms with Crippen LogP contribution in [0.5, 0.6) is 5.75 Å². The molecule has 1 aliphatic rings. The summed E-state index contributed by atoms with van der Waals surface area (Å²) in [5.41, 5.74) is 1.83. The molecule has 12 nitrogen and oxygen atoms in total. The predicted molar refractivity (Wildman–Crippen MR) is 176 cm³/mol. The number of methoxy groups -OCH3 is 1. The fraction of sp³-hybridized carbons (Fsp3) is 0.387. The van der Waals surface area contributed by atoms with Gasteiger partial charge in [-0.3, -0.25) is 10.00 Å². The van der Waals surface area contributed by atoms with E-state index in [0.717, 1.165) is 55.4 Å². The molecule has 14 heteroatoms. The summed E-state index contributed by atoms with van der Waals surface area (Å²) < 4.78 is 37.2. The van der Waals surface area contributed by atoms with Crippen LogP contribution < -0.4 is 15.0 Å². The second-order valence-corrected chi connectivity index (χ2v) is 14.0. The van der Waals surface area contributed by atoms with Crippen molar-refractivity contribution in [2.45, 2.75) is 28.5 Å². The molecular weight excluding hydrogens is 613 g/mol. The molecule has 1 fully saturated rings. The van der Waals surface area contributed by atoms with E-state index >= 15 is 0 Å². The van der Waals surface area contributed by atoms with Gasteiger partial charge in [0, 0.05) is 55.9 Å². The van der Waals surface area contributed by atoms with Crippen molar-refractivity contribution in [3.63, 3.8) is 0 Å². The Balaban J connectivity index is 1.33. The molecule has 0 unspecified atom stereocenters. The first-order chi connectivity index (χ1) is 21.7. The minimum absolute atomic E-state index is 0.194. The van der Waals surface area contributed by atoms with Crippen LogP contribution in [-0.4, -0.2) is 105 Å². The Morgan fingerprint density at radius 1 is 1.02 bits per heavy atom. The van der Waals surface area contributed by atoms with Gasteiger partial charge in [0.15, 0.2) is 28.5 Å². The van der Waals surface area contributed by atoms with Crippen molar-refractivity contribution in [2.75, 3.05) is 76.6 Å². The zero-order valence-corrected chi connectivity index (χ0v) is 27.7. The molecule has 0 saturated carbocycles. The third-order valence-electron chi connectivity index (χ3n) is 7.26. The van der Waals surface area contributed by atoms with E-state index in [1.54, 1.807) is 31.4 Å². The molecule has 5 rings (SSSR count). The number of ether oxygens (including phenoxy) is 2. The topological polar surface area (TPSA) is 129 Å². The molecule has 0 aliphatic carbocycles. The number of piperazine rings is 1. The van der Waals surface area contributed by atoms with Gasteiger partial charge >= 0.3 is 0 Å².